The first-order valence-corrected chi connectivity index (χ1v) is 8.25. The SMILES string of the molecule is Nc1cccnc1S(=O)(=O)Cc1ccc2c(c1)CCC2. The Kier molecular flexibility index (Phi) is 3.22. The third kappa shape index (κ3) is 2.41. The number of hydrogen-bond acceptors (Lipinski definition) is 4. The van der Waals surface area contributed by atoms with E-state index in [1.54, 1.807) is 12.1 Å². The molecule has 1 aromatic carbocycles. The maximum atomic E-state index is 12.4. The second-order valence-corrected chi connectivity index (χ2v) is 7.02. The Labute approximate surface area is 118 Å². The number of anilines is 1. The van der Waals surface area contributed by atoms with Gasteiger partial charge in [-0.25, -0.2) is 13.4 Å². The molecule has 5 heteroatoms. The van der Waals surface area contributed by atoms with E-state index in [1.807, 2.05) is 18.2 Å². The van der Waals surface area contributed by atoms with E-state index in [-0.39, 0.29) is 16.5 Å². The minimum atomic E-state index is -3.50. The van der Waals surface area contributed by atoms with Crippen LogP contribution in [0.25, 0.3) is 0 Å². The number of pyridine rings is 1. The summed E-state index contributed by atoms with van der Waals surface area (Å²) in [6.45, 7) is 0. The highest BCUT2D eigenvalue weighted by Gasteiger charge is 2.21. The molecular weight excluding hydrogens is 272 g/mol. The van der Waals surface area contributed by atoms with E-state index in [4.69, 9.17) is 5.73 Å². The third-order valence-corrected chi connectivity index (χ3v) is 5.26. The molecule has 0 saturated heterocycles. The number of aromatic nitrogens is 1. The average molecular weight is 288 g/mol. The molecule has 0 bridgehead atoms. The molecule has 0 radical (unpaired) electrons. The van der Waals surface area contributed by atoms with E-state index in [0.717, 1.165) is 24.8 Å². The van der Waals surface area contributed by atoms with Gasteiger partial charge < -0.3 is 5.73 Å². The van der Waals surface area contributed by atoms with Crippen LogP contribution in [0.5, 0.6) is 0 Å². The lowest BCUT2D eigenvalue weighted by Crippen LogP contribution is -2.10. The molecule has 20 heavy (non-hydrogen) atoms. The van der Waals surface area contributed by atoms with Crippen molar-refractivity contribution in [2.24, 2.45) is 0 Å². The van der Waals surface area contributed by atoms with Crippen molar-refractivity contribution in [2.45, 2.75) is 30.0 Å². The van der Waals surface area contributed by atoms with Gasteiger partial charge in [-0.2, -0.15) is 0 Å². The number of nitrogens with zero attached hydrogens (tertiary/aromatic N) is 1. The van der Waals surface area contributed by atoms with Crippen LogP contribution in [0.15, 0.2) is 41.6 Å². The second-order valence-electron chi connectivity index (χ2n) is 5.11. The van der Waals surface area contributed by atoms with Gasteiger partial charge in [0.2, 0.25) is 9.84 Å². The molecule has 0 fully saturated rings. The molecule has 1 heterocycles. The van der Waals surface area contributed by atoms with Gasteiger partial charge in [0.15, 0.2) is 5.03 Å². The number of hydrogen-bond donors (Lipinski definition) is 1. The van der Waals surface area contributed by atoms with Gasteiger partial charge in [-0.1, -0.05) is 18.2 Å². The number of rotatable bonds is 3. The van der Waals surface area contributed by atoms with Crippen LogP contribution >= 0.6 is 0 Å². The van der Waals surface area contributed by atoms with Crippen LogP contribution in [-0.4, -0.2) is 13.4 Å². The van der Waals surface area contributed by atoms with Gasteiger partial charge in [0.05, 0.1) is 11.4 Å². The first kappa shape index (κ1) is 13.1. The number of sulfone groups is 1. The number of benzene rings is 1. The number of nitrogens with two attached hydrogens (primary N) is 1. The van der Waals surface area contributed by atoms with E-state index >= 15 is 0 Å². The Morgan fingerprint density at radius 1 is 1.15 bits per heavy atom. The molecule has 2 N–H and O–H groups in total. The Morgan fingerprint density at radius 2 is 1.95 bits per heavy atom. The molecule has 0 atom stereocenters. The van der Waals surface area contributed by atoms with E-state index in [1.165, 1.54) is 17.3 Å². The van der Waals surface area contributed by atoms with Crippen molar-refractivity contribution in [3.63, 3.8) is 0 Å². The fraction of sp³-hybridized carbons (Fsp3) is 0.267. The van der Waals surface area contributed by atoms with E-state index in [2.05, 4.69) is 4.98 Å². The van der Waals surface area contributed by atoms with Crippen LogP contribution in [0.2, 0.25) is 0 Å². The zero-order valence-corrected chi connectivity index (χ0v) is 11.9. The van der Waals surface area contributed by atoms with Gasteiger partial charge in [-0.05, 0) is 48.1 Å². The largest absolute Gasteiger partial charge is 0.396 e. The fourth-order valence-electron chi connectivity index (χ4n) is 2.67. The Hall–Kier alpha value is -1.88. The van der Waals surface area contributed by atoms with Gasteiger partial charge in [-0.3, -0.25) is 0 Å². The zero-order chi connectivity index (χ0) is 14.2. The van der Waals surface area contributed by atoms with Crippen molar-refractivity contribution >= 4 is 15.5 Å². The maximum absolute atomic E-state index is 12.4. The second kappa shape index (κ2) is 4.90. The quantitative estimate of drug-likeness (QED) is 0.939. The van der Waals surface area contributed by atoms with Crippen molar-refractivity contribution < 1.29 is 8.42 Å². The molecule has 1 aliphatic carbocycles. The molecule has 2 aromatic rings. The van der Waals surface area contributed by atoms with Crippen LogP contribution < -0.4 is 5.73 Å². The van der Waals surface area contributed by atoms with Crippen molar-refractivity contribution in [3.8, 4) is 0 Å². The number of nitrogen functional groups attached to an aromatic ring is 1. The molecule has 0 saturated carbocycles. The zero-order valence-electron chi connectivity index (χ0n) is 11.0. The van der Waals surface area contributed by atoms with Crippen molar-refractivity contribution in [2.75, 3.05) is 5.73 Å². The summed E-state index contributed by atoms with van der Waals surface area (Å²) in [4.78, 5) is 3.91. The average Bonchev–Trinajstić information content (AvgIpc) is 2.86. The first-order chi connectivity index (χ1) is 9.56. The summed E-state index contributed by atoms with van der Waals surface area (Å²) < 4.78 is 24.8. The highest BCUT2D eigenvalue weighted by atomic mass is 32.2. The molecule has 0 amide bonds. The number of fused-ring (bicyclic) bond motifs is 1. The molecule has 1 aromatic heterocycles. The van der Waals surface area contributed by atoms with Crippen molar-refractivity contribution in [1.29, 1.82) is 0 Å². The lowest BCUT2D eigenvalue weighted by Gasteiger charge is -2.08. The van der Waals surface area contributed by atoms with Crippen LogP contribution in [0.3, 0.4) is 0 Å². The van der Waals surface area contributed by atoms with E-state index in [0.29, 0.717) is 0 Å². The lowest BCUT2D eigenvalue weighted by atomic mass is 10.1. The summed E-state index contributed by atoms with van der Waals surface area (Å²) >= 11 is 0. The normalized spacial score (nSPS) is 14.2. The van der Waals surface area contributed by atoms with Crippen molar-refractivity contribution in [3.05, 3.63) is 53.2 Å². The third-order valence-electron chi connectivity index (χ3n) is 3.61. The monoisotopic (exact) mass is 288 g/mol. The van der Waals surface area contributed by atoms with Crippen LogP contribution in [0, 0.1) is 0 Å². The fourth-order valence-corrected chi connectivity index (χ4v) is 4.07. The topological polar surface area (TPSA) is 73.0 Å². The molecule has 3 rings (SSSR count). The van der Waals surface area contributed by atoms with Gasteiger partial charge in [0.1, 0.15) is 0 Å². The minimum Gasteiger partial charge on any atom is -0.396 e. The van der Waals surface area contributed by atoms with Gasteiger partial charge in [0, 0.05) is 6.20 Å². The van der Waals surface area contributed by atoms with Crippen LogP contribution in [0.1, 0.15) is 23.1 Å². The van der Waals surface area contributed by atoms with Gasteiger partial charge in [0.25, 0.3) is 0 Å². The molecule has 4 nitrogen and oxygen atoms in total. The van der Waals surface area contributed by atoms with E-state index in [9.17, 15) is 8.42 Å². The van der Waals surface area contributed by atoms with Gasteiger partial charge >= 0.3 is 0 Å². The standard InChI is InChI=1S/C15H16N2O2S/c16-14-5-2-8-17-15(14)20(18,19)10-11-6-7-12-3-1-4-13(12)9-11/h2,5-9H,1,3-4,10,16H2. The lowest BCUT2D eigenvalue weighted by molar-refractivity contribution is 0.592. The highest BCUT2D eigenvalue weighted by Crippen LogP contribution is 2.25. The van der Waals surface area contributed by atoms with Crippen molar-refractivity contribution in [1.82, 2.24) is 4.98 Å². The number of aryl methyl sites for hydroxylation is 2. The Bertz CT molecular complexity index is 754. The van der Waals surface area contributed by atoms with E-state index < -0.39 is 9.84 Å². The summed E-state index contributed by atoms with van der Waals surface area (Å²) in [5.41, 5.74) is 9.32. The van der Waals surface area contributed by atoms with Crippen LogP contribution in [-0.2, 0) is 28.4 Å². The molecule has 0 aliphatic heterocycles. The summed E-state index contributed by atoms with van der Waals surface area (Å²) in [7, 11) is -3.50. The molecule has 104 valence electrons. The molecule has 1 aliphatic rings. The highest BCUT2D eigenvalue weighted by molar-refractivity contribution is 7.90. The molecular formula is C15H16N2O2S. The predicted octanol–water partition coefficient (Wildman–Crippen LogP) is 2.13. The summed E-state index contributed by atoms with van der Waals surface area (Å²) in [5, 5.41) is -0.0273. The summed E-state index contributed by atoms with van der Waals surface area (Å²) in [6, 6.07) is 9.11. The molecule has 0 unspecified atom stereocenters. The molecule has 0 spiro atoms. The smallest absolute Gasteiger partial charge is 0.201 e. The Balaban J connectivity index is 1.93. The Morgan fingerprint density at radius 3 is 2.75 bits per heavy atom. The predicted molar refractivity (Wildman–Crippen MR) is 78.0 cm³/mol. The van der Waals surface area contributed by atoms with Gasteiger partial charge in [-0.15, -0.1) is 0 Å². The minimum absolute atomic E-state index is 0.0273. The first-order valence-electron chi connectivity index (χ1n) is 6.60. The maximum Gasteiger partial charge on any atom is 0.201 e. The van der Waals surface area contributed by atoms with Crippen LogP contribution in [0.4, 0.5) is 5.69 Å². The summed E-state index contributed by atoms with van der Waals surface area (Å²) in [6.07, 6.45) is 4.73. The summed E-state index contributed by atoms with van der Waals surface area (Å²) in [5.74, 6) is -0.0541.